The molecule has 1 aromatic heterocycles. The second kappa shape index (κ2) is 5.50. The number of hydrogen-bond acceptors (Lipinski definition) is 5. The molecular formula is C14H13BrN2O4. The van der Waals surface area contributed by atoms with Crippen molar-refractivity contribution >= 4 is 21.9 Å². The summed E-state index contributed by atoms with van der Waals surface area (Å²) in [4.78, 5) is 13.0. The number of halogens is 1. The van der Waals surface area contributed by atoms with Gasteiger partial charge in [0.25, 0.3) is 0 Å². The van der Waals surface area contributed by atoms with Crippen LogP contribution in [0.25, 0.3) is 11.3 Å². The van der Waals surface area contributed by atoms with E-state index >= 15 is 0 Å². The Hall–Kier alpha value is -1.86. The SMILES string of the molecule is CN1CC(Oc2ccc(-c3cc(C(=O)O)on3)cc2Br)C1. The van der Waals surface area contributed by atoms with Crippen molar-refractivity contribution in [2.24, 2.45) is 0 Å². The first-order valence-corrected chi connectivity index (χ1v) is 7.17. The summed E-state index contributed by atoms with van der Waals surface area (Å²) < 4.78 is 11.4. The molecule has 1 aliphatic rings. The van der Waals surface area contributed by atoms with Gasteiger partial charge in [0.1, 0.15) is 17.5 Å². The van der Waals surface area contributed by atoms with Gasteiger partial charge in [-0.05, 0) is 41.2 Å². The fourth-order valence-electron chi connectivity index (χ4n) is 2.16. The van der Waals surface area contributed by atoms with Crippen molar-refractivity contribution in [2.75, 3.05) is 20.1 Å². The molecular weight excluding hydrogens is 340 g/mol. The summed E-state index contributed by atoms with van der Waals surface area (Å²) >= 11 is 3.46. The molecule has 21 heavy (non-hydrogen) atoms. The number of likely N-dealkylation sites (N-methyl/N-ethyl adjacent to an activating group) is 1. The van der Waals surface area contributed by atoms with Crippen LogP contribution >= 0.6 is 15.9 Å². The molecule has 1 aliphatic heterocycles. The first kappa shape index (κ1) is 14.1. The molecule has 0 unspecified atom stereocenters. The number of aromatic nitrogens is 1. The number of ether oxygens (including phenoxy) is 1. The van der Waals surface area contributed by atoms with Gasteiger partial charge in [0.05, 0.1) is 4.47 Å². The maximum absolute atomic E-state index is 10.8. The number of benzene rings is 1. The van der Waals surface area contributed by atoms with Gasteiger partial charge in [-0.15, -0.1) is 0 Å². The second-order valence-corrected chi connectivity index (χ2v) is 5.84. The topological polar surface area (TPSA) is 75.8 Å². The normalized spacial score (nSPS) is 15.7. The van der Waals surface area contributed by atoms with Crippen LogP contribution in [-0.2, 0) is 0 Å². The fourth-order valence-corrected chi connectivity index (χ4v) is 2.64. The molecule has 6 nitrogen and oxygen atoms in total. The summed E-state index contributed by atoms with van der Waals surface area (Å²) in [5.41, 5.74) is 1.24. The van der Waals surface area contributed by atoms with E-state index in [0.29, 0.717) is 5.69 Å². The smallest absolute Gasteiger partial charge is 0.374 e. The molecule has 0 spiro atoms. The zero-order valence-electron chi connectivity index (χ0n) is 11.2. The van der Waals surface area contributed by atoms with Crippen LogP contribution in [0, 0.1) is 0 Å². The number of rotatable bonds is 4. The van der Waals surface area contributed by atoms with Crippen LogP contribution in [0.5, 0.6) is 5.75 Å². The molecule has 1 fully saturated rings. The average Bonchev–Trinajstić information content (AvgIpc) is 2.89. The lowest BCUT2D eigenvalue weighted by atomic mass is 10.1. The summed E-state index contributed by atoms with van der Waals surface area (Å²) in [7, 11) is 2.04. The van der Waals surface area contributed by atoms with Gasteiger partial charge in [-0.25, -0.2) is 4.79 Å². The maximum Gasteiger partial charge on any atom is 0.374 e. The third-order valence-corrected chi connectivity index (χ3v) is 3.89. The maximum atomic E-state index is 10.8. The van der Waals surface area contributed by atoms with Gasteiger partial charge in [-0.3, -0.25) is 4.90 Å². The summed E-state index contributed by atoms with van der Waals surface area (Å²) in [5, 5.41) is 12.6. The lowest BCUT2D eigenvalue weighted by Gasteiger charge is -2.36. The van der Waals surface area contributed by atoms with E-state index in [1.54, 1.807) is 0 Å². The number of carboxylic acid groups (broad SMARTS) is 1. The highest BCUT2D eigenvalue weighted by molar-refractivity contribution is 9.10. The van der Waals surface area contributed by atoms with Gasteiger partial charge >= 0.3 is 5.97 Å². The Morgan fingerprint density at radius 1 is 1.48 bits per heavy atom. The van der Waals surface area contributed by atoms with Crippen molar-refractivity contribution in [1.29, 1.82) is 0 Å². The number of likely N-dealkylation sites (tertiary alicyclic amines) is 1. The molecule has 7 heteroatoms. The quantitative estimate of drug-likeness (QED) is 0.910. The van der Waals surface area contributed by atoms with E-state index in [-0.39, 0.29) is 11.9 Å². The van der Waals surface area contributed by atoms with Gasteiger partial charge in [-0.1, -0.05) is 5.16 Å². The van der Waals surface area contributed by atoms with Crippen LogP contribution in [0.1, 0.15) is 10.6 Å². The van der Waals surface area contributed by atoms with E-state index in [4.69, 9.17) is 14.4 Å². The Morgan fingerprint density at radius 3 is 2.81 bits per heavy atom. The van der Waals surface area contributed by atoms with E-state index in [1.165, 1.54) is 6.07 Å². The highest BCUT2D eigenvalue weighted by Gasteiger charge is 2.25. The fraction of sp³-hybridized carbons (Fsp3) is 0.286. The van der Waals surface area contributed by atoms with E-state index in [1.807, 2.05) is 25.2 Å². The summed E-state index contributed by atoms with van der Waals surface area (Å²) in [6, 6.07) is 6.89. The van der Waals surface area contributed by atoms with Gasteiger partial charge in [-0.2, -0.15) is 0 Å². The number of carbonyl (C=O) groups is 1. The molecule has 2 aromatic rings. The lowest BCUT2D eigenvalue weighted by molar-refractivity contribution is 0.0383. The zero-order valence-corrected chi connectivity index (χ0v) is 12.8. The van der Waals surface area contributed by atoms with Crippen LogP contribution < -0.4 is 4.74 Å². The molecule has 0 amide bonds. The van der Waals surface area contributed by atoms with Gasteiger partial charge in [0.2, 0.25) is 5.76 Å². The molecule has 0 bridgehead atoms. The minimum Gasteiger partial charge on any atom is -0.487 e. The van der Waals surface area contributed by atoms with Crippen molar-refractivity contribution in [1.82, 2.24) is 10.1 Å². The van der Waals surface area contributed by atoms with Crippen LogP contribution in [0.4, 0.5) is 0 Å². The van der Waals surface area contributed by atoms with E-state index in [9.17, 15) is 4.79 Å². The van der Waals surface area contributed by atoms with Gasteiger partial charge in [0, 0.05) is 24.7 Å². The van der Waals surface area contributed by atoms with Crippen molar-refractivity contribution in [2.45, 2.75) is 6.10 Å². The lowest BCUT2D eigenvalue weighted by Crippen LogP contribution is -2.51. The Kier molecular flexibility index (Phi) is 3.69. The molecule has 0 radical (unpaired) electrons. The first-order chi connectivity index (χ1) is 10.0. The number of carboxylic acids is 1. The predicted molar refractivity (Wildman–Crippen MR) is 78.5 cm³/mol. The van der Waals surface area contributed by atoms with Crippen LogP contribution in [0.15, 0.2) is 33.3 Å². The molecule has 0 saturated carbocycles. The molecule has 2 heterocycles. The van der Waals surface area contributed by atoms with Crippen molar-refractivity contribution in [3.63, 3.8) is 0 Å². The Balaban J connectivity index is 1.78. The number of hydrogen-bond donors (Lipinski definition) is 1. The molecule has 1 aromatic carbocycles. The van der Waals surface area contributed by atoms with Gasteiger partial charge < -0.3 is 14.4 Å². The molecule has 1 saturated heterocycles. The average molecular weight is 353 g/mol. The van der Waals surface area contributed by atoms with Crippen molar-refractivity contribution in [3.05, 3.63) is 34.5 Å². The second-order valence-electron chi connectivity index (χ2n) is 4.99. The van der Waals surface area contributed by atoms with Gasteiger partial charge in [0.15, 0.2) is 0 Å². The van der Waals surface area contributed by atoms with Crippen LogP contribution in [0.3, 0.4) is 0 Å². The van der Waals surface area contributed by atoms with E-state index in [2.05, 4.69) is 26.0 Å². The zero-order chi connectivity index (χ0) is 15.0. The van der Waals surface area contributed by atoms with E-state index < -0.39 is 5.97 Å². The summed E-state index contributed by atoms with van der Waals surface area (Å²) in [5.74, 6) is -0.556. The number of nitrogens with zero attached hydrogens (tertiary/aromatic N) is 2. The Labute approximate surface area is 129 Å². The van der Waals surface area contributed by atoms with Crippen molar-refractivity contribution < 1.29 is 19.2 Å². The predicted octanol–water partition coefficient (Wildman–Crippen LogP) is 2.50. The Bertz CT molecular complexity index is 679. The standard InChI is InChI=1S/C14H13BrN2O4/c1-17-6-9(7-17)20-12-3-2-8(4-10(12)15)11-5-13(14(18)19)21-16-11/h2-5,9H,6-7H2,1H3,(H,18,19). The minimum absolute atomic E-state index is 0.182. The molecule has 3 rings (SSSR count). The van der Waals surface area contributed by atoms with E-state index in [0.717, 1.165) is 28.9 Å². The minimum atomic E-state index is -1.14. The highest BCUT2D eigenvalue weighted by Crippen LogP contribution is 2.32. The molecule has 1 N–H and O–H groups in total. The summed E-state index contributed by atoms with van der Waals surface area (Å²) in [6.45, 7) is 1.83. The van der Waals surface area contributed by atoms with Crippen LogP contribution in [-0.4, -0.2) is 47.4 Å². The monoisotopic (exact) mass is 352 g/mol. The number of aromatic carboxylic acids is 1. The highest BCUT2D eigenvalue weighted by atomic mass is 79.9. The first-order valence-electron chi connectivity index (χ1n) is 6.38. The molecule has 0 aliphatic carbocycles. The Morgan fingerprint density at radius 2 is 2.24 bits per heavy atom. The molecule has 110 valence electrons. The third kappa shape index (κ3) is 2.93. The largest absolute Gasteiger partial charge is 0.487 e. The third-order valence-electron chi connectivity index (χ3n) is 3.27. The van der Waals surface area contributed by atoms with Crippen LogP contribution in [0.2, 0.25) is 0 Å². The molecule has 0 atom stereocenters. The van der Waals surface area contributed by atoms with Crippen molar-refractivity contribution in [3.8, 4) is 17.0 Å². The summed E-state index contributed by atoms with van der Waals surface area (Å²) in [6.07, 6.45) is 0.211.